The molecule has 0 aromatic heterocycles. The number of nitrogens with zero attached hydrogens (tertiary/aromatic N) is 1. The number of anilines is 1. The van der Waals surface area contributed by atoms with Crippen molar-refractivity contribution in [3.63, 3.8) is 0 Å². The molecule has 0 spiro atoms. The number of aromatic hydroxyl groups is 1. The number of hydrogen-bond donors (Lipinski definition) is 2. The SMILES string of the molecule is CC(=O)Nc1cc(CCC#N)ccc1O. The molecule has 0 unspecified atom stereocenters. The molecule has 0 aliphatic rings. The molecule has 4 nitrogen and oxygen atoms in total. The number of benzene rings is 1. The van der Waals surface area contributed by atoms with Gasteiger partial charge in [-0.25, -0.2) is 0 Å². The lowest BCUT2D eigenvalue weighted by Crippen LogP contribution is -2.06. The molecule has 0 aliphatic heterocycles. The number of phenols is 1. The van der Waals surface area contributed by atoms with Gasteiger partial charge in [-0.3, -0.25) is 4.79 Å². The van der Waals surface area contributed by atoms with E-state index < -0.39 is 0 Å². The van der Waals surface area contributed by atoms with Crippen molar-refractivity contribution in [3.05, 3.63) is 23.8 Å². The smallest absolute Gasteiger partial charge is 0.221 e. The zero-order valence-electron chi connectivity index (χ0n) is 8.45. The maximum atomic E-state index is 10.8. The number of nitrogens with one attached hydrogen (secondary N) is 1. The zero-order valence-corrected chi connectivity index (χ0v) is 8.45. The zero-order chi connectivity index (χ0) is 11.3. The Bertz CT molecular complexity index is 408. The van der Waals surface area contributed by atoms with Gasteiger partial charge in [-0.15, -0.1) is 0 Å². The highest BCUT2D eigenvalue weighted by atomic mass is 16.3. The van der Waals surface area contributed by atoms with Crippen LogP contribution in [0.5, 0.6) is 5.75 Å². The van der Waals surface area contributed by atoms with E-state index in [1.165, 1.54) is 13.0 Å². The van der Waals surface area contributed by atoms with Gasteiger partial charge in [-0.1, -0.05) is 6.07 Å². The Kier molecular flexibility index (Phi) is 3.69. The number of aryl methyl sites for hydroxylation is 1. The van der Waals surface area contributed by atoms with Crippen molar-refractivity contribution in [2.75, 3.05) is 5.32 Å². The first-order chi connectivity index (χ1) is 7.13. The highest BCUT2D eigenvalue weighted by molar-refractivity contribution is 5.90. The van der Waals surface area contributed by atoms with Crippen molar-refractivity contribution < 1.29 is 9.90 Å². The second-order valence-electron chi connectivity index (χ2n) is 3.19. The average molecular weight is 204 g/mol. The van der Waals surface area contributed by atoms with Gasteiger partial charge in [0, 0.05) is 13.3 Å². The second kappa shape index (κ2) is 5.01. The fraction of sp³-hybridized carbons (Fsp3) is 0.273. The Labute approximate surface area is 88.2 Å². The van der Waals surface area contributed by atoms with Gasteiger partial charge in [0.25, 0.3) is 0 Å². The number of carbonyl (C=O) groups is 1. The van der Waals surface area contributed by atoms with Crippen molar-refractivity contribution in [2.45, 2.75) is 19.8 Å². The number of carbonyl (C=O) groups excluding carboxylic acids is 1. The lowest BCUT2D eigenvalue weighted by molar-refractivity contribution is -0.114. The quantitative estimate of drug-likeness (QED) is 0.737. The van der Waals surface area contributed by atoms with Crippen LogP contribution in [-0.4, -0.2) is 11.0 Å². The Morgan fingerprint density at radius 3 is 2.93 bits per heavy atom. The highest BCUT2D eigenvalue weighted by Gasteiger charge is 2.03. The van der Waals surface area contributed by atoms with E-state index in [1.807, 2.05) is 6.07 Å². The van der Waals surface area contributed by atoms with Crippen LogP contribution in [0.2, 0.25) is 0 Å². The summed E-state index contributed by atoms with van der Waals surface area (Å²) in [6, 6.07) is 6.96. The van der Waals surface area contributed by atoms with Crippen LogP contribution in [0.25, 0.3) is 0 Å². The fourth-order valence-corrected chi connectivity index (χ4v) is 1.23. The van der Waals surface area contributed by atoms with Crippen LogP contribution in [0.4, 0.5) is 5.69 Å². The normalized spacial score (nSPS) is 9.33. The van der Waals surface area contributed by atoms with Gasteiger partial charge in [0.2, 0.25) is 5.91 Å². The first-order valence-electron chi connectivity index (χ1n) is 4.60. The number of amides is 1. The minimum Gasteiger partial charge on any atom is -0.506 e. The Morgan fingerprint density at radius 2 is 2.33 bits per heavy atom. The molecule has 0 aliphatic carbocycles. The molecular formula is C11H12N2O2. The number of phenolic OH excluding ortho intramolecular Hbond substituents is 1. The van der Waals surface area contributed by atoms with E-state index in [9.17, 15) is 9.90 Å². The molecular weight excluding hydrogens is 192 g/mol. The van der Waals surface area contributed by atoms with Crippen LogP contribution >= 0.6 is 0 Å². The molecule has 0 fully saturated rings. The Hall–Kier alpha value is -2.02. The summed E-state index contributed by atoms with van der Waals surface area (Å²) in [7, 11) is 0. The molecule has 1 rings (SSSR count). The van der Waals surface area contributed by atoms with Gasteiger partial charge < -0.3 is 10.4 Å². The summed E-state index contributed by atoms with van der Waals surface area (Å²) in [5.74, 6) is -0.200. The first kappa shape index (κ1) is 11.1. The van der Waals surface area contributed by atoms with E-state index in [-0.39, 0.29) is 11.7 Å². The molecule has 2 N–H and O–H groups in total. The van der Waals surface area contributed by atoms with Gasteiger partial charge in [-0.05, 0) is 24.1 Å². The summed E-state index contributed by atoms with van der Waals surface area (Å²) in [6.45, 7) is 1.38. The fourth-order valence-electron chi connectivity index (χ4n) is 1.23. The third-order valence-electron chi connectivity index (χ3n) is 1.90. The molecule has 0 radical (unpaired) electrons. The van der Waals surface area contributed by atoms with Gasteiger partial charge in [-0.2, -0.15) is 5.26 Å². The van der Waals surface area contributed by atoms with Gasteiger partial charge in [0.05, 0.1) is 11.8 Å². The van der Waals surface area contributed by atoms with E-state index in [0.29, 0.717) is 18.5 Å². The van der Waals surface area contributed by atoms with E-state index in [0.717, 1.165) is 5.56 Å². The monoisotopic (exact) mass is 204 g/mol. The van der Waals surface area contributed by atoms with Crippen molar-refractivity contribution in [1.29, 1.82) is 5.26 Å². The van der Waals surface area contributed by atoms with Crippen molar-refractivity contribution in [3.8, 4) is 11.8 Å². The molecule has 0 atom stereocenters. The minimum absolute atomic E-state index is 0.0332. The molecule has 1 aromatic rings. The largest absolute Gasteiger partial charge is 0.506 e. The van der Waals surface area contributed by atoms with Gasteiger partial charge in [0.15, 0.2) is 0 Å². The summed E-state index contributed by atoms with van der Waals surface area (Å²) < 4.78 is 0. The molecule has 1 amide bonds. The van der Waals surface area contributed by atoms with Crippen molar-refractivity contribution >= 4 is 11.6 Å². The molecule has 4 heteroatoms. The van der Waals surface area contributed by atoms with Crippen LogP contribution in [0.15, 0.2) is 18.2 Å². The van der Waals surface area contributed by atoms with Crippen LogP contribution in [0, 0.1) is 11.3 Å². The molecule has 0 saturated heterocycles. The third kappa shape index (κ3) is 3.31. The number of rotatable bonds is 3. The molecule has 78 valence electrons. The Balaban J connectivity index is 2.85. The molecule has 1 aromatic carbocycles. The van der Waals surface area contributed by atoms with Crippen LogP contribution in [-0.2, 0) is 11.2 Å². The van der Waals surface area contributed by atoms with Crippen LogP contribution < -0.4 is 5.32 Å². The van der Waals surface area contributed by atoms with Crippen LogP contribution in [0.3, 0.4) is 0 Å². The molecule has 0 saturated carbocycles. The lowest BCUT2D eigenvalue weighted by atomic mass is 10.1. The number of hydrogen-bond acceptors (Lipinski definition) is 3. The Morgan fingerprint density at radius 1 is 1.60 bits per heavy atom. The van der Waals surface area contributed by atoms with Gasteiger partial charge >= 0.3 is 0 Å². The van der Waals surface area contributed by atoms with Crippen molar-refractivity contribution in [1.82, 2.24) is 0 Å². The molecule has 0 bridgehead atoms. The molecule has 15 heavy (non-hydrogen) atoms. The lowest BCUT2D eigenvalue weighted by Gasteiger charge is -2.06. The predicted molar refractivity (Wildman–Crippen MR) is 56.3 cm³/mol. The standard InChI is InChI=1S/C11H12N2O2/c1-8(14)13-10-7-9(3-2-6-12)4-5-11(10)15/h4-5,7,15H,2-3H2,1H3,(H,13,14). The highest BCUT2D eigenvalue weighted by Crippen LogP contribution is 2.24. The van der Waals surface area contributed by atoms with E-state index in [2.05, 4.69) is 5.32 Å². The summed E-state index contributed by atoms with van der Waals surface area (Å²) in [4.78, 5) is 10.8. The third-order valence-corrected chi connectivity index (χ3v) is 1.90. The predicted octanol–water partition coefficient (Wildman–Crippen LogP) is 1.81. The van der Waals surface area contributed by atoms with Crippen LogP contribution in [0.1, 0.15) is 18.9 Å². The summed E-state index contributed by atoms with van der Waals surface area (Å²) in [6.07, 6.45) is 1.04. The maximum Gasteiger partial charge on any atom is 0.221 e. The average Bonchev–Trinajstić information content (AvgIpc) is 2.18. The first-order valence-corrected chi connectivity index (χ1v) is 4.60. The topological polar surface area (TPSA) is 73.1 Å². The molecule has 0 heterocycles. The second-order valence-corrected chi connectivity index (χ2v) is 3.19. The number of nitriles is 1. The maximum absolute atomic E-state index is 10.8. The van der Waals surface area contributed by atoms with E-state index in [1.54, 1.807) is 12.1 Å². The van der Waals surface area contributed by atoms with Gasteiger partial charge in [0.1, 0.15) is 5.75 Å². The summed E-state index contributed by atoms with van der Waals surface area (Å²) in [5, 5.41) is 20.4. The van der Waals surface area contributed by atoms with E-state index in [4.69, 9.17) is 5.26 Å². The van der Waals surface area contributed by atoms with E-state index >= 15 is 0 Å². The van der Waals surface area contributed by atoms with Crippen molar-refractivity contribution in [2.24, 2.45) is 0 Å². The summed E-state index contributed by atoms with van der Waals surface area (Å²) in [5.41, 5.74) is 1.30. The minimum atomic E-state index is -0.234. The summed E-state index contributed by atoms with van der Waals surface area (Å²) >= 11 is 0.